The van der Waals surface area contributed by atoms with Gasteiger partial charge in [0.1, 0.15) is 0 Å². The molecule has 0 radical (unpaired) electrons. The number of nitrogens with one attached hydrogen (secondary N) is 1. The van der Waals surface area contributed by atoms with Crippen molar-refractivity contribution in [2.45, 2.75) is 20.8 Å². The summed E-state index contributed by atoms with van der Waals surface area (Å²) in [6.07, 6.45) is 1.72. The summed E-state index contributed by atoms with van der Waals surface area (Å²) in [6, 6.07) is 3.84. The fourth-order valence-electron chi connectivity index (χ4n) is 1.78. The number of thiazole rings is 1. The van der Waals surface area contributed by atoms with Crippen LogP contribution in [0.4, 0.5) is 5.13 Å². The average molecular weight is 384 g/mol. The highest BCUT2D eigenvalue weighted by molar-refractivity contribution is 9.10. The van der Waals surface area contributed by atoms with Gasteiger partial charge >= 0.3 is 0 Å². The van der Waals surface area contributed by atoms with Crippen LogP contribution in [-0.2, 0) is 0 Å². The lowest BCUT2D eigenvalue weighted by molar-refractivity contribution is 0.286. The lowest BCUT2D eigenvalue weighted by atomic mass is 10.2. The molecule has 118 valence electrons. The Morgan fingerprint density at radius 2 is 2.09 bits per heavy atom. The molecule has 1 aromatic heterocycles. The van der Waals surface area contributed by atoms with Crippen molar-refractivity contribution < 1.29 is 9.47 Å². The number of halogens is 1. The van der Waals surface area contributed by atoms with Crippen LogP contribution >= 0.6 is 27.3 Å². The van der Waals surface area contributed by atoms with E-state index in [-0.39, 0.29) is 0 Å². The van der Waals surface area contributed by atoms with E-state index in [1.807, 2.05) is 38.3 Å². The van der Waals surface area contributed by atoms with Gasteiger partial charge in [0.25, 0.3) is 0 Å². The van der Waals surface area contributed by atoms with E-state index in [2.05, 4.69) is 31.4 Å². The molecule has 0 aliphatic rings. The van der Waals surface area contributed by atoms with Crippen molar-refractivity contribution in [3.8, 4) is 11.5 Å². The van der Waals surface area contributed by atoms with Crippen LogP contribution in [0.2, 0.25) is 0 Å². The standard InChI is InChI=1S/C15H18BrN3O2S/c1-4-20-13-7-11(6-12(16)14(13)21-5-2)8-17-19-15-18-10(3)9-22-15/h6-9H,4-5H2,1-3H3,(H,18,19)/b17-8-. The molecule has 22 heavy (non-hydrogen) atoms. The molecule has 0 atom stereocenters. The van der Waals surface area contributed by atoms with E-state index in [1.165, 1.54) is 11.3 Å². The second-order valence-electron chi connectivity index (χ2n) is 4.36. The Balaban J connectivity index is 2.16. The van der Waals surface area contributed by atoms with Crippen molar-refractivity contribution >= 4 is 38.6 Å². The Morgan fingerprint density at radius 3 is 2.73 bits per heavy atom. The first kappa shape index (κ1) is 16.8. The summed E-state index contributed by atoms with van der Waals surface area (Å²) < 4.78 is 12.1. The van der Waals surface area contributed by atoms with E-state index >= 15 is 0 Å². The van der Waals surface area contributed by atoms with Crippen molar-refractivity contribution in [1.29, 1.82) is 0 Å². The zero-order valence-corrected chi connectivity index (χ0v) is 15.1. The van der Waals surface area contributed by atoms with Gasteiger partial charge in [-0.05, 0) is 54.4 Å². The number of nitrogens with zero attached hydrogens (tertiary/aromatic N) is 2. The van der Waals surface area contributed by atoms with E-state index in [9.17, 15) is 0 Å². The molecule has 0 aliphatic carbocycles. The van der Waals surface area contributed by atoms with Crippen LogP contribution in [-0.4, -0.2) is 24.4 Å². The molecular formula is C15H18BrN3O2S. The van der Waals surface area contributed by atoms with Crippen LogP contribution in [0.1, 0.15) is 25.1 Å². The molecule has 1 N–H and O–H groups in total. The normalized spacial score (nSPS) is 10.9. The Morgan fingerprint density at radius 1 is 1.32 bits per heavy atom. The van der Waals surface area contributed by atoms with Crippen molar-refractivity contribution in [3.63, 3.8) is 0 Å². The minimum atomic E-state index is 0.573. The van der Waals surface area contributed by atoms with E-state index in [0.717, 1.165) is 20.9 Å². The molecule has 0 unspecified atom stereocenters. The Hall–Kier alpha value is -1.60. The fourth-order valence-corrected chi connectivity index (χ4v) is 2.99. The lowest BCUT2D eigenvalue weighted by Crippen LogP contribution is -2.00. The molecule has 7 heteroatoms. The topological polar surface area (TPSA) is 55.7 Å². The minimum absolute atomic E-state index is 0.573. The van der Waals surface area contributed by atoms with E-state index in [4.69, 9.17) is 9.47 Å². The molecule has 1 aromatic carbocycles. The van der Waals surface area contributed by atoms with Crippen LogP contribution in [0.25, 0.3) is 0 Å². The molecule has 0 aliphatic heterocycles. The second-order valence-corrected chi connectivity index (χ2v) is 6.07. The smallest absolute Gasteiger partial charge is 0.203 e. The van der Waals surface area contributed by atoms with E-state index in [1.54, 1.807) is 6.21 Å². The summed E-state index contributed by atoms with van der Waals surface area (Å²) in [7, 11) is 0. The lowest BCUT2D eigenvalue weighted by Gasteiger charge is -2.13. The molecule has 1 heterocycles. The maximum Gasteiger partial charge on any atom is 0.203 e. The summed E-state index contributed by atoms with van der Waals surface area (Å²) >= 11 is 5.03. The molecule has 2 rings (SSSR count). The van der Waals surface area contributed by atoms with E-state index < -0.39 is 0 Å². The number of rotatable bonds is 7. The molecule has 0 saturated carbocycles. The number of anilines is 1. The van der Waals surface area contributed by atoms with Gasteiger partial charge < -0.3 is 9.47 Å². The Bertz CT molecular complexity index is 658. The number of hydrazone groups is 1. The van der Waals surface area contributed by atoms with Gasteiger partial charge in [-0.1, -0.05) is 0 Å². The molecule has 0 bridgehead atoms. The molecule has 2 aromatic rings. The monoisotopic (exact) mass is 383 g/mol. The number of aryl methyl sites for hydroxylation is 1. The van der Waals surface area contributed by atoms with Gasteiger partial charge in [0, 0.05) is 5.38 Å². The zero-order valence-electron chi connectivity index (χ0n) is 12.7. The van der Waals surface area contributed by atoms with Crippen LogP contribution in [0.5, 0.6) is 11.5 Å². The van der Waals surface area contributed by atoms with Crippen LogP contribution in [0, 0.1) is 6.92 Å². The maximum atomic E-state index is 5.63. The van der Waals surface area contributed by atoms with Gasteiger partial charge in [0.05, 0.1) is 29.6 Å². The van der Waals surface area contributed by atoms with Gasteiger partial charge in [-0.25, -0.2) is 4.98 Å². The van der Waals surface area contributed by atoms with Crippen LogP contribution in [0.15, 0.2) is 27.1 Å². The Labute approximate surface area is 142 Å². The molecule has 0 spiro atoms. The number of hydrogen-bond acceptors (Lipinski definition) is 6. The second kappa shape index (κ2) is 8.14. The number of benzene rings is 1. The summed E-state index contributed by atoms with van der Waals surface area (Å²) in [6.45, 7) is 6.98. The van der Waals surface area contributed by atoms with E-state index in [0.29, 0.717) is 24.7 Å². The first-order valence-corrected chi connectivity index (χ1v) is 8.61. The third-order valence-corrected chi connectivity index (χ3v) is 4.07. The highest BCUT2D eigenvalue weighted by Gasteiger charge is 2.11. The molecule has 5 nitrogen and oxygen atoms in total. The third kappa shape index (κ3) is 4.45. The number of aromatic nitrogens is 1. The summed E-state index contributed by atoms with van der Waals surface area (Å²) in [4.78, 5) is 4.28. The quantitative estimate of drug-likeness (QED) is 0.566. The summed E-state index contributed by atoms with van der Waals surface area (Å²) in [5.41, 5.74) is 4.79. The predicted octanol–water partition coefficient (Wildman–Crippen LogP) is 4.46. The first-order chi connectivity index (χ1) is 10.6. The van der Waals surface area contributed by atoms with Crippen LogP contribution in [0.3, 0.4) is 0 Å². The third-order valence-electron chi connectivity index (χ3n) is 2.61. The van der Waals surface area contributed by atoms with Gasteiger partial charge in [-0.15, -0.1) is 11.3 Å². The molecular weight excluding hydrogens is 366 g/mol. The average Bonchev–Trinajstić information content (AvgIpc) is 2.89. The minimum Gasteiger partial charge on any atom is -0.490 e. The van der Waals surface area contributed by atoms with Crippen molar-refractivity contribution in [3.05, 3.63) is 33.2 Å². The van der Waals surface area contributed by atoms with Crippen LogP contribution < -0.4 is 14.9 Å². The first-order valence-electron chi connectivity index (χ1n) is 6.94. The van der Waals surface area contributed by atoms with Crippen molar-refractivity contribution in [1.82, 2.24) is 4.98 Å². The molecule has 0 fully saturated rings. The highest BCUT2D eigenvalue weighted by Crippen LogP contribution is 2.36. The molecule has 0 saturated heterocycles. The summed E-state index contributed by atoms with van der Waals surface area (Å²) in [5.74, 6) is 1.41. The fraction of sp³-hybridized carbons (Fsp3) is 0.333. The number of ether oxygens (including phenoxy) is 2. The Kier molecular flexibility index (Phi) is 6.21. The summed E-state index contributed by atoms with van der Waals surface area (Å²) in [5, 5.41) is 6.94. The molecule has 0 amide bonds. The van der Waals surface area contributed by atoms with Gasteiger partial charge in [-0.2, -0.15) is 5.10 Å². The van der Waals surface area contributed by atoms with Crippen molar-refractivity contribution in [2.75, 3.05) is 18.6 Å². The van der Waals surface area contributed by atoms with Gasteiger partial charge in [-0.3, -0.25) is 5.43 Å². The van der Waals surface area contributed by atoms with Gasteiger partial charge in [0.2, 0.25) is 5.13 Å². The highest BCUT2D eigenvalue weighted by atomic mass is 79.9. The van der Waals surface area contributed by atoms with Crippen molar-refractivity contribution in [2.24, 2.45) is 5.10 Å². The zero-order chi connectivity index (χ0) is 15.9. The SMILES string of the molecule is CCOc1cc(/C=N\Nc2nc(C)cs2)cc(Br)c1OCC. The number of hydrogen-bond donors (Lipinski definition) is 1. The predicted molar refractivity (Wildman–Crippen MR) is 94.5 cm³/mol. The van der Waals surface area contributed by atoms with Gasteiger partial charge in [0.15, 0.2) is 11.5 Å². The largest absolute Gasteiger partial charge is 0.490 e. The maximum absolute atomic E-state index is 5.63.